The van der Waals surface area contributed by atoms with Crippen molar-refractivity contribution < 1.29 is 19.1 Å². The number of nitrogens with zero attached hydrogens (tertiary/aromatic N) is 3. The van der Waals surface area contributed by atoms with Crippen LogP contribution in [0.25, 0.3) is 0 Å². The van der Waals surface area contributed by atoms with Crippen LogP contribution in [0.5, 0.6) is 0 Å². The standard InChI is InChI=1S/C19H36N4O4.HI/c1-7-20-17(23-12-9-15(10-13-23)16(24)26-6)21-11-14-22(8-2)18(25)27-19(3,4)5;/h15H,7-14H2,1-6H3,(H,20,21);1H. The van der Waals surface area contributed by atoms with E-state index in [9.17, 15) is 9.59 Å². The van der Waals surface area contributed by atoms with Crippen molar-refractivity contribution in [2.45, 2.75) is 53.1 Å². The summed E-state index contributed by atoms with van der Waals surface area (Å²) in [4.78, 5) is 32.4. The van der Waals surface area contributed by atoms with Gasteiger partial charge in [-0.1, -0.05) is 0 Å². The second kappa shape index (κ2) is 13.1. The van der Waals surface area contributed by atoms with E-state index in [1.807, 2.05) is 34.6 Å². The Morgan fingerprint density at radius 2 is 1.82 bits per heavy atom. The molecule has 1 fully saturated rings. The number of piperidine rings is 1. The molecule has 0 radical (unpaired) electrons. The Bertz CT molecular complexity index is 515. The number of hydrogen-bond donors (Lipinski definition) is 1. The number of amides is 1. The van der Waals surface area contributed by atoms with Crippen molar-refractivity contribution in [1.82, 2.24) is 15.1 Å². The first-order valence-electron chi connectivity index (χ1n) is 9.80. The van der Waals surface area contributed by atoms with Crippen LogP contribution in [0.1, 0.15) is 47.5 Å². The van der Waals surface area contributed by atoms with Crippen molar-refractivity contribution in [3.63, 3.8) is 0 Å². The number of nitrogens with one attached hydrogen (secondary N) is 1. The van der Waals surface area contributed by atoms with Crippen molar-refractivity contribution in [3.8, 4) is 0 Å². The Balaban J connectivity index is 0.00000729. The Morgan fingerprint density at radius 1 is 1.21 bits per heavy atom. The van der Waals surface area contributed by atoms with Crippen LogP contribution >= 0.6 is 24.0 Å². The molecule has 0 aliphatic carbocycles. The van der Waals surface area contributed by atoms with Gasteiger partial charge in [0.05, 0.1) is 19.6 Å². The summed E-state index contributed by atoms with van der Waals surface area (Å²) in [6, 6.07) is 0. The van der Waals surface area contributed by atoms with Crippen molar-refractivity contribution >= 4 is 42.0 Å². The predicted molar refractivity (Wildman–Crippen MR) is 121 cm³/mol. The molecule has 0 unspecified atom stereocenters. The number of guanidine groups is 1. The lowest BCUT2D eigenvalue weighted by Gasteiger charge is -2.33. The largest absolute Gasteiger partial charge is 0.469 e. The molecule has 8 nitrogen and oxygen atoms in total. The van der Waals surface area contributed by atoms with Crippen molar-refractivity contribution in [3.05, 3.63) is 0 Å². The minimum absolute atomic E-state index is 0. The summed E-state index contributed by atoms with van der Waals surface area (Å²) < 4.78 is 10.3. The normalized spacial score (nSPS) is 15.5. The van der Waals surface area contributed by atoms with Crippen LogP contribution in [0, 0.1) is 5.92 Å². The third kappa shape index (κ3) is 9.29. The topological polar surface area (TPSA) is 83.5 Å². The Kier molecular flexibility index (Phi) is 12.5. The molecule has 1 saturated heterocycles. The molecule has 164 valence electrons. The average molecular weight is 512 g/mol. The maximum absolute atomic E-state index is 12.2. The van der Waals surface area contributed by atoms with Gasteiger partial charge in [0.1, 0.15) is 5.60 Å². The lowest BCUT2D eigenvalue weighted by atomic mass is 9.97. The summed E-state index contributed by atoms with van der Waals surface area (Å²) in [6.45, 7) is 13.4. The monoisotopic (exact) mass is 512 g/mol. The first-order valence-corrected chi connectivity index (χ1v) is 9.80. The minimum atomic E-state index is -0.507. The van der Waals surface area contributed by atoms with Crippen LogP contribution in [0.15, 0.2) is 4.99 Å². The number of halogens is 1. The molecular weight excluding hydrogens is 475 g/mol. The van der Waals surface area contributed by atoms with Gasteiger partial charge in [-0.05, 0) is 47.5 Å². The molecule has 0 saturated carbocycles. The highest BCUT2D eigenvalue weighted by atomic mass is 127. The number of rotatable bonds is 6. The van der Waals surface area contributed by atoms with Crippen LogP contribution in [0.3, 0.4) is 0 Å². The summed E-state index contributed by atoms with van der Waals surface area (Å²) in [5.74, 6) is 0.658. The fourth-order valence-corrected chi connectivity index (χ4v) is 2.90. The number of likely N-dealkylation sites (N-methyl/N-ethyl adjacent to an activating group) is 1. The zero-order chi connectivity index (χ0) is 20.4. The molecule has 0 atom stereocenters. The number of carbonyl (C=O) groups is 2. The molecule has 0 spiro atoms. The number of ether oxygens (including phenoxy) is 2. The zero-order valence-corrected chi connectivity index (χ0v) is 20.4. The van der Waals surface area contributed by atoms with Crippen LogP contribution in [-0.4, -0.2) is 79.8 Å². The molecule has 1 rings (SSSR count). The van der Waals surface area contributed by atoms with E-state index >= 15 is 0 Å². The maximum atomic E-state index is 12.2. The summed E-state index contributed by atoms with van der Waals surface area (Å²) in [5, 5.41) is 3.29. The third-order valence-electron chi connectivity index (χ3n) is 4.33. The highest BCUT2D eigenvalue weighted by molar-refractivity contribution is 14.0. The minimum Gasteiger partial charge on any atom is -0.469 e. The van der Waals surface area contributed by atoms with Crippen LogP contribution in [0.4, 0.5) is 4.79 Å². The molecule has 0 bridgehead atoms. The van der Waals surface area contributed by atoms with Crippen LogP contribution in [-0.2, 0) is 14.3 Å². The number of hydrogen-bond acceptors (Lipinski definition) is 5. The molecule has 28 heavy (non-hydrogen) atoms. The highest BCUT2D eigenvalue weighted by Crippen LogP contribution is 2.18. The Morgan fingerprint density at radius 3 is 2.29 bits per heavy atom. The number of aliphatic imine (C=N–C) groups is 1. The zero-order valence-electron chi connectivity index (χ0n) is 18.1. The van der Waals surface area contributed by atoms with Gasteiger partial charge in [0, 0.05) is 32.7 Å². The number of likely N-dealkylation sites (tertiary alicyclic amines) is 1. The van der Waals surface area contributed by atoms with Crippen molar-refractivity contribution in [2.75, 3.05) is 46.4 Å². The smallest absolute Gasteiger partial charge is 0.410 e. The van der Waals surface area contributed by atoms with Gasteiger partial charge in [-0.2, -0.15) is 0 Å². The van der Waals surface area contributed by atoms with Crippen molar-refractivity contribution in [1.29, 1.82) is 0 Å². The van der Waals surface area contributed by atoms with Gasteiger partial charge in [0.15, 0.2) is 5.96 Å². The van der Waals surface area contributed by atoms with Crippen LogP contribution < -0.4 is 5.32 Å². The fraction of sp³-hybridized carbons (Fsp3) is 0.842. The molecule has 0 aromatic heterocycles. The van der Waals surface area contributed by atoms with E-state index in [0.29, 0.717) is 19.6 Å². The molecule has 1 aliphatic heterocycles. The van der Waals surface area contributed by atoms with Crippen molar-refractivity contribution in [2.24, 2.45) is 10.9 Å². The molecule has 9 heteroatoms. The predicted octanol–water partition coefficient (Wildman–Crippen LogP) is 2.71. The summed E-state index contributed by atoms with van der Waals surface area (Å²) in [5.41, 5.74) is -0.507. The second-order valence-corrected chi connectivity index (χ2v) is 7.58. The first kappa shape index (κ1) is 26.7. The fourth-order valence-electron chi connectivity index (χ4n) is 2.90. The molecule has 0 aromatic carbocycles. The van der Waals surface area contributed by atoms with Gasteiger partial charge < -0.3 is 24.6 Å². The van der Waals surface area contributed by atoms with Gasteiger partial charge in [-0.3, -0.25) is 9.79 Å². The molecule has 1 amide bonds. The SMILES string of the molecule is CCNC(=NCCN(CC)C(=O)OC(C)(C)C)N1CCC(C(=O)OC)CC1.I. The summed E-state index contributed by atoms with van der Waals surface area (Å²) in [7, 11) is 1.43. The summed E-state index contributed by atoms with van der Waals surface area (Å²) in [6.07, 6.45) is 1.20. The van der Waals surface area contributed by atoms with E-state index in [1.54, 1.807) is 4.90 Å². The Labute approximate surface area is 186 Å². The molecular formula is C19H37IN4O4. The molecule has 1 N–H and O–H groups in total. The number of esters is 1. The van der Waals surface area contributed by atoms with E-state index < -0.39 is 5.60 Å². The van der Waals surface area contributed by atoms with E-state index in [1.165, 1.54) is 7.11 Å². The number of methoxy groups -OCH3 is 1. The average Bonchev–Trinajstić information content (AvgIpc) is 2.62. The highest BCUT2D eigenvalue weighted by Gasteiger charge is 2.27. The third-order valence-corrected chi connectivity index (χ3v) is 4.33. The van der Waals surface area contributed by atoms with E-state index in [2.05, 4.69) is 15.2 Å². The molecule has 1 aliphatic rings. The second-order valence-electron chi connectivity index (χ2n) is 7.58. The molecule has 0 aromatic rings. The van der Waals surface area contributed by atoms with E-state index in [-0.39, 0.29) is 42.0 Å². The van der Waals surface area contributed by atoms with Gasteiger partial charge in [0.25, 0.3) is 0 Å². The lowest BCUT2D eigenvalue weighted by molar-refractivity contribution is -0.146. The number of carbonyl (C=O) groups excluding carboxylic acids is 2. The van der Waals surface area contributed by atoms with Gasteiger partial charge in [0.2, 0.25) is 0 Å². The lowest BCUT2D eigenvalue weighted by Crippen LogP contribution is -2.47. The quantitative estimate of drug-likeness (QED) is 0.255. The van der Waals surface area contributed by atoms with Crippen LogP contribution in [0.2, 0.25) is 0 Å². The maximum Gasteiger partial charge on any atom is 0.410 e. The van der Waals surface area contributed by atoms with Gasteiger partial charge in [-0.15, -0.1) is 24.0 Å². The first-order chi connectivity index (χ1) is 12.7. The van der Waals surface area contributed by atoms with E-state index in [4.69, 9.17) is 9.47 Å². The summed E-state index contributed by atoms with van der Waals surface area (Å²) >= 11 is 0. The molecule has 1 heterocycles. The van der Waals surface area contributed by atoms with Gasteiger partial charge >= 0.3 is 12.1 Å². The Hall–Kier alpha value is -1.26. The van der Waals surface area contributed by atoms with E-state index in [0.717, 1.165) is 38.4 Å². The van der Waals surface area contributed by atoms with Gasteiger partial charge in [-0.25, -0.2) is 4.79 Å².